The smallest absolute Gasteiger partial charge is 0.329 e. The predicted molar refractivity (Wildman–Crippen MR) is 79.1 cm³/mol. The van der Waals surface area contributed by atoms with Crippen molar-refractivity contribution in [3.05, 3.63) is 28.7 Å². The van der Waals surface area contributed by atoms with Gasteiger partial charge in [0.15, 0.2) is 0 Å². The van der Waals surface area contributed by atoms with Gasteiger partial charge in [-0.05, 0) is 24.6 Å². The maximum Gasteiger partial charge on any atom is 0.329 e. The highest BCUT2D eigenvalue weighted by Gasteiger charge is 2.31. The number of benzene rings is 1. The minimum absolute atomic E-state index is 0.190. The molecule has 7 heteroatoms. The molecule has 2 heterocycles. The average Bonchev–Trinajstić information content (AvgIpc) is 2.71. The molecule has 1 fully saturated rings. The lowest BCUT2D eigenvalue weighted by atomic mass is 10.0. The van der Waals surface area contributed by atoms with Crippen LogP contribution >= 0.6 is 0 Å². The topological polar surface area (TPSA) is 88.3 Å². The number of piperidine rings is 1. The summed E-state index contributed by atoms with van der Waals surface area (Å²) in [6.07, 6.45) is -0.294. The molecular formula is C14H18N4O3. The Kier molecular flexibility index (Phi) is 3.21. The molecule has 0 bridgehead atoms. The molecule has 1 aliphatic rings. The van der Waals surface area contributed by atoms with E-state index < -0.39 is 12.3 Å². The van der Waals surface area contributed by atoms with Crippen molar-refractivity contribution in [3.63, 3.8) is 0 Å². The molecule has 2 unspecified atom stereocenters. The van der Waals surface area contributed by atoms with Crippen LogP contribution in [-0.4, -0.2) is 33.4 Å². The van der Waals surface area contributed by atoms with Gasteiger partial charge in [0.25, 0.3) is 0 Å². The first kappa shape index (κ1) is 13.7. The number of carbonyl (C=O) groups is 1. The molecule has 0 saturated carbocycles. The van der Waals surface area contributed by atoms with Gasteiger partial charge in [0, 0.05) is 26.2 Å². The molecule has 1 saturated heterocycles. The van der Waals surface area contributed by atoms with Crippen LogP contribution in [-0.2, 0) is 11.8 Å². The summed E-state index contributed by atoms with van der Waals surface area (Å²) in [6.45, 7) is 0. The fourth-order valence-electron chi connectivity index (χ4n) is 2.88. The first-order valence-corrected chi connectivity index (χ1v) is 6.89. The molecule has 1 aromatic heterocycles. The van der Waals surface area contributed by atoms with E-state index in [4.69, 9.17) is 0 Å². The van der Waals surface area contributed by atoms with Gasteiger partial charge in [-0.3, -0.25) is 13.9 Å². The van der Waals surface area contributed by atoms with Crippen molar-refractivity contribution in [1.82, 2.24) is 14.5 Å². The Bertz CT molecular complexity index is 761. The number of aliphatic hydroxyl groups is 1. The van der Waals surface area contributed by atoms with Gasteiger partial charge in [-0.1, -0.05) is 0 Å². The molecule has 2 atom stereocenters. The van der Waals surface area contributed by atoms with Crippen LogP contribution in [0.2, 0.25) is 0 Å². The lowest BCUT2D eigenvalue weighted by molar-refractivity contribution is -0.128. The van der Waals surface area contributed by atoms with Crippen LogP contribution in [0.1, 0.15) is 18.9 Å². The number of amides is 1. The van der Waals surface area contributed by atoms with E-state index in [1.807, 2.05) is 25.2 Å². The van der Waals surface area contributed by atoms with E-state index in [1.54, 1.807) is 16.2 Å². The number of hydrogen-bond donors (Lipinski definition) is 3. The van der Waals surface area contributed by atoms with Gasteiger partial charge in [-0.25, -0.2) is 4.79 Å². The van der Waals surface area contributed by atoms with Crippen molar-refractivity contribution >= 4 is 22.6 Å². The number of rotatable bonds is 2. The van der Waals surface area contributed by atoms with Crippen molar-refractivity contribution in [3.8, 4) is 0 Å². The molecule has 2 aromatic rings. The molecule has 0 spiro atoms. The summed E-state index contributed by atoms with van der Waals surface area (Å²) in [5.74, 6) is -0.190. The number of aliphatic hydroxyl groups excluding tert-OH is 1. The van der Waals surface area contributed by atoms with E-state index in [0.717, 1.165) is 16.7 Å². The van der Waals surface area contributed by atoms with Crippen LogP contribution in [0.15, 0.2) is 23.0 Å². The van der Waals surface area contributed by atoms with Crippen LogP contribution < -0.4 is 16.3 Å². The van der Waals surface area contributed by atoms with Crippen LogP contribution in [0.4, 0.5) is 5.69 Å². The molecule has 3 N–H and O–H groups in total. The van der Waals surface area contributed by atoms with Crippen LogP contribution in [0.25, 0.3) is 11.0 Å². The summed E-state index contributed by atoms with van der Waals surface area (Å²) in [5.41, 5.74) is 2.25. The SMILES string of the molecule is CNc1ccc2c(c1)n(C)c(=O)n2C1CCC(=O)NC1O. The lowest BCUT2D eigenvalue weighted by Crippen LogP contribution is -2.47. The molecule has 7 nitrogen and oxygen atoms in total. The van der Waals surface area contributed by atoms with Crippen molar-refractivity contribution in [2.75, 3.05) is 12.4 Å². The zero-order chi connectivity index (χ0) is 15.1. The first-order chi connectivity index (χ1) is 10.0. The van der Waals surface area contributed by atoms with E-state index in [0.29, 0.717) is 12.8 Å². The number of nitrogens with zero attached hydrogens (tertiary/aromatic N) is 2. The number of imidazole rings is 1. The molecule has 21 heavy (non-hydrogen) atoms. The molecule has 112 valence electrons. The number of fused-ring (bicyclic) bond motifs is 1. The summed E-state index contributed by atoms with van der Waals surface area (Å²) < 4.78 is 3.12. The zero-order valence-electron chi connectivity index (χ0n) is 12.0. The van der Waals surface area contributed by atoms with Gasteiger partial charge in [0.1, 0.15) is 6.23 Å². The van der Waals surface area contributed by atoms with Gasteiger partial charge >= 0.3 is 5.69 Å². The Balaban J connectivity index is 2.16. The fourth-order valence-corrected chi connectivity index (χ4v) is 2.88. The van der Waals surface area contributed by atoms with Crippen LogP contribution in [0.3, 0.4) is 0 Å². The van der Waals surface area contributed by atoms with Crippen LogP contribution in [0, 0.1) is 0 Å². The third-order valence-electron chi connectivity index (χ3n) is 4.05. The highest BCUT2D eigenvalue weighted by molar-refractivity contribution is 5.81. The summed E-state index contributed by atoms with van der Waals surface area (Å²) >= 11 is 0. The van der Waals surface area contributed by atoms with Gasteiger partial charge in [0.2, 0.25) is 5.91 Å². The maximum atomic E-state index is 12.5. The predicted octanol–water partition coefficient (Wildman–Crippen LogP) is 0.151. The van der Waals surface area contributed by atoms with Crippen molar-refractivity contribution in [1.29, 1.82) is 0 Å². The molecule has 0 radical (unpaired) electrons. The third kappa shape index (κ3) is 2.09. The van der Waals surface area contributed by atoms with Gasteiger partial charge in [-0.2, -0.15) is 0 Å². The van der Waals surface area contributed by atoms with Gasteiger partial charge in [0.05, 0.1) is 17.1 Å². The van der Waals surface area contributed by atoms with E-state index in [9.17, 15) is 14.7 Å². The van der Waals surface area contributed by atoms with E-state index in [1.165, 1.54) is 0 Å². The number of carbonyl (C=O) groups excluding carboxylic acids is 1. The second-order valence-electron chi connectivity index (χ2n) is 5.28. The van der Waals surface area contributed by atoms with Crippen LogP contribution in [0.5, 0.6) is 0 Å². The first-order valence-electron chi connectivity index (χ1n) is 6.89. The Hall–Kier alpha value is -2.28. The second kappa shape index (κ2) is 4.92. The molecule has 3 rings (SSSR count). The summed E-state index contributed by atoms with van der Waals surface area (Å²) in [7, 11) is 3.52. The molecule has 1 amide bonds. The Morgan fingerprint density at radius 2 is 2.10 bits per heavy atom. The number of aromatic nitrogens is 2. The molecule has 1 aliphatic heterocycles. The maximum absolute atomic E-state index is 12.5. The zero-order valence-corrected chi connectivity index (χ0v) is 12.0. The number of nitrogens with one attached hydrogen (secondary N) is 2. The molecular weight excluding hydrogens is 272 g/mol. The quantitative estimate of drug-likeness (QED) is 0.734. The average molecular weight is 290 g/mol. The molecule has 0 aliphatic carbocycles. The van der Waals surface area contributed by atoms with Crippen molar-refractivity contribution in [2.24, 2.45) is 7.05 Å². The monoisotopic (exact) mass is 290 g/mol. The normalized spacial score (nSPS) is 22.3. The van der Waals surface area contributed by atoms with Gasteiger partial charge < -0.3 is 15.7 Å². The highest BCUT2D eigenvalue weighted by atomic mass is 16.3. The summed E-state index contributed by atoms with van der Waals surface area (Å²) in [5, 5.41) is 15.6. The fraction of sp³-hybridized carbons (Fsp3) is 0.429. The third-order valence-corrected chi connectivity index (χ3v) is 4.05. The highest BCUT2D eigenvalue weighted by Crippen LogP contribution is 2.26. The summed E-state index contributed by atoms with van der Waals surface area (Å²) in [6, 6.07) is 5.18. The Morgan fingerprint density at radius 3 is 2.76 bits per heavy atom. The minimum Gasteiger partial charge on any atom is -0.388 e. The standard InChI is InChI=1S/C14H18N4O3/c1-15-8-3-4-9-11(7-8)17(2)14(21)18(9)10-5-6-12(19)16-13(10)20/h3-4,7,10,13,15,20H,5-6H2,1-2H3,(H,16,19). The minimum atomic E-state index is -1.04. The Morgan fingerprint density at radius 1 is 1.33 bits per heavy atom. The number of hydrogen-bond acceptors (Lipinski definition) is 4. The van der Waals surface area contributed by atoms with Crippen molar-refractivity contribution < 1.29 is 9.90 Å². The summed E-state index contributed by atoms with van der Waals surface area (Å²) in [4.78, 5) is 23.8. The lowest BCUT2D eigenvalue weighted by Gasteiger charge is -2.29. The number of anilines is 1. The van der Waals surface area contributed by atoms with Gasteiger partial charge in [-0.15, -0.1) is 0 Å². The molecule has 1 aromatic carbocycles. The second-order valence-corrected chi connectivity index (χ2v) is 5.28. The van der Waals surface area contributed by atoms with Crippen molar-refractivity contribution in [2.45, 2.75) is 25.1 Å². The van der Waals surface area contributed by atoms with E-state index in [-0.39, 0.29) is 11.6 Å². The largest absolute Gasteiger partial charge is 0.388 e. The van der Waals surface area contributed by atoms with E-state index in [2.05, 4.69) is 10.6 Å². The number of aryl methyl sites for hydroxylation is 1. The Labute approximate surface area is 121 Å². The van der Waals surface area contributed by atoms with E-state index >= 15 is 0 Å².